The SMILES string of the molecule is C=C/C=C(\C=C)c1cc2oc(=O)cc(O)c2c(=O)[nH]1.CC.[CH3-].[K+]. The zero-order valence-electron chi connectivity index (χ0n) is 14.0. The summed E-state index contributed by atoms with van der Waals surface area (Å²) in [6, 6.07) is 2.31. The number of pyridine rings is 1. The molecule has 0 unspecified atom stereocenters. The number of allylic oxidation sites excluding steroid dienone is 4. The molecular formula is C17H20KNO4. The van der Waals surface area contributed by atoms with E-state index in [1.54, 1.807) is 6.08 Å². The predicted octanol–water partition coefficient (Wildman–Crippen LogP) is 0.423. The molecule has 0 aliphatic heterocycles. The van der Waals surface area contributed by atoms with Gasteiger partial charge in [0.05, 0.1) is 11.8 Å². The van der Waals surface area contributed by atoms with Gasteiger partial charge < -0.3 is 21.9 Å². The number of aromatic amines is 1. The number of H-pyrrole nitrogens is 1. The molecule has 5 nitrogen and oxygen atoms in total. The summed E-state index contributed by atoms with van der Waals surface area (Å²) in [5, 5.41) is 9.53. The van der Waals surface area contributed by atoms with E-state index >= 15 is 0 Å². The molecule has 2 aromatic rings. The van der Waals surface area contributed by atoms with Crippen LogP contribution in [0.2, 0.25) is 0 Å². The summed E-state index contributed by atoms with van der Waals surface area (Å²) in [6.45, 7) is 11.2. The second kappa shape index (κ2) is 11.4. The Labute approximate surface area is 177 Å². The minimum Gasteiger partial charge on any atom is -0.507 e. The van der Waals surface area contributed by atoms with E-state index in [0.29, 0.717) is 11.3 Å². The van der Waals surface area contributed by atoms with Crippen LogP contribution in [0.4, 0.5) is 0 Å². The van der Waals surface area contributed by atoms with E-state index in [4.69, 9.17) is 4.42 Å². The predicted molar refractivity (Wildman–Crippen MR) is 90.9 cm³/mol. The molecule has 0 spiro atoms. The van der Waals surface area contributed by atoms with E-state index in [9.17, 15) is 14.7 Å². The summed E-state index contributed by atoms with van der Waals surface area (Å²) in [5.74, 6) is -0.410. The molecule has 23 heavy (non-hydrogen) atoms. The number of aromatic nitrogens is 1. The Morgan fingerprint density at radius 2 is 1.87 bits per heavy atom. The van der Waals surface area contributed by atoms with Crippen molar-refractivity contribution in [1.29, 1.82) is 0 Å². The van der Waals surface area contributed by atoms with Gasteiger partial charge in [-0.1, -0.05) is 45.2 Å². The van der Waals surface area contributed by atoms with Crippen molar-refractivity contribution in [1.82, 2.24) is 4.98 Å². The van der Waals surface area contributed by atoms with E-state index in [2.05, 4.69) is 18.1 Å². The van der Waals surface area contributed by atoms with Crippen molar-refractivity contribution in [2.75, 3.05) is 0 Å². The topological polar surface area (TPSA) is 83.3 Å². The molecule has 6 heteroatoms. The van der Waals surface area contributed by atoms with Gasteiger partial charge in [-0.05, 0) is 5.57 Å². The molecule has 0 radical (unpaired) electrons. The van der Waals surface area contributed by atoms with E-state index < -0.39 is 16.9 Å². The van der Waals surface area contributed by atoms with E-state index in [1.165, 1.54) is 18.2 Å². The Hall–Kier alpha value is -1.18. The smallest absolute Gasteiger partial charge is 0.507 e. The van der Waals surface area contributed by atoms with Crippen LogP contribution in [0.15, 0.2) is 57.5 Å². The first-order valence-corrected chi connectivity index (χ1v) is 6.42. The minimum absolute atomic E-state index is 0. The second-order valence-electron chi connectivity index (χ2n) is 3.76. The molecule has 0 amide bonds. The van der Waals surface area contributed by atoms with Crippen molar-refractivity contribution in [2.24, 2.45) is 0 Å². The van der Waals surface area contributed by atoms with Gasteiger partial charge in [-0.25, -0.2) is 4.79 Å². The minimum atomic E-state index is -0.727. The third kappa shape index (κ3) is 5.75. The molecule has 0 atom stereocenters. The fourth-order valence-electron chi connectivity index (χ4n) is 1.73. The summed E-state index contributed by atoms with van der Waals surface area (Å²) in [5.41, 5.74) is -0.235. The van der Waals surface area contributed by atoms with Gasteiger partial charge in [-0.3, -0.25) is 4.79 Å². The van der Waals surface area contributed by atoms with Crippen LogP contribution in [0.25, 0.3) is 16.5 Å². The Balaban J connectivity index is 0. The van der Waals surface area contributed by atoms with Crippen molar-refractivity contribution in [2.45, 2.75) is 13.8 Å². The molecule has 0 aliphatic rings. The number of rotatable bonds is 3. The number of hydrogen-bond donors (Lipinski definition) is 2. The fourth-order valence-corrected chi connectivity index (χ4v) is 1.73. The molecule has 0 saturated carbocycles. The zero-order chi connectivity index (χ0) is 16.0. The van der Waals surface area contributed by atoms with Crippen LogP contribution in [0.1, 0.15) is 19.5 Å². The second-order valence-corrected chi connectivity index (χ2v) is 3.76. The van der Waals surface area contributed by atoms with Crippen LogP contribution in [0.3, 0.4) is 0 Å². The molecule has 0 fully saturated rings. The van der Waals surface area contributed by atoms with Crippen LogP contribution < -0.4 is 62.6 Å². The third-order valence-corrected chi connectivity index (χ3v) is 2.55. The van der Waals surface area contributed by atoms with Gasteiger partial charge in [0.1, 0.15) is 16.7 Å². The van der Waals surface area contributed by atoms with Gasteiger partial charge in [-0.2, -0.15) is 0 Å². The van der Waals surface area contributed by atoms with E-state index in [0.717, 1.165) is 6.07 Å². The van der Waals surface area contributed by atoms with Gasteiger partial charge in [0, 0.05) is 6.07 Å². The van der Waals surface area contributed by atoms with Crippen molar-refractivity contribution in [3.63, 3.8) is 0 Å². The van der Waals surface area contributed by atoms with Crippen LogP contribution in [-0.2, 0) is 0 Å². The maximum Gasteiger partial charge on any atom is 1.00 e. The summed E-state index contributed by atoms with van der Waals surface area (Å²) in [4.78, 5) is 25.7. The molecule has 0 aromatic carbocycles. The Kier molecular flexibility index (Phi) is 11.9. The molecule has 2 heterocycles. The molecule has 2 N–H and O–H groups in total. The quantitative estimate of drug-likeness (QED) is 0.482. The van der Waals surface area contributed by atoms with Gasteiger partial charge in [0.2, 0.25) is 0 Å². The fraction of sp³-hybridized carbons (Fsp3) is 0.118. The molecular weight excluding hydrogens is 321 g/mol. The summed E-state index contributed by atoms with van der Waals surface area (Å²) >= 11 is 0. The first-order chi connectivity index (χ1) is 10.1. The van der Waals surface area contributed by atoms with Gasteiger partial charge >= 0.3 is 57.0 Å². The van der Waals surface area contributed by atoms with Crippen LogP contribution in [0.5, 0.6) is 5.75 Å². The monoisotopic (exact) mass is 341 g/mol. The first-order valence-electron chi connectivity index (χ1n) is 6.42. The molecule has 118 valence electrons. The van der Waals surface area contributed by atoms with Crippen LogP contribution in [0, 0.1) is 7.43 Å². The molecule has 0 saturated heterocycles. The maximum absolute atomic E-state index is 11.9. The van der Waals surface area contributed by atoms with Crippen LogP contribution in [-0.4, -0.2) is 10.1 Å². The average Bonchev–Trinajstić information content (AvgIpc) is 2.45. The third-order valence-electron chi connectivity index (χ3n) is 2.55. The van der Waals surface area contributed by atoms with Crippen molar-refractivity contribution < 1.29 is 60.9 Å². The summed E-state index contributed by atoms with van der Waals surface area (Å²) in [6.07, 6.45) is 4.71. The standard InChI is InChI=1S/C14H11NO4.C2H6.CH3.K/c1-3-5-8(4-2)9-6-11-13(14(18)15-9)10(16)7-12(17)19-11;1-2;;/h3-7,16H,1-2H2,(H,15,18);1-2H3;1H3;/q;;-1;+1/b8-5+;;;. The van der Waals surface area contributed by atoms with Gasteiger partial charge in [0.15, 0.2) is 0 Å². The Morgan fingerprint density at radius 3 is 2.39 bits per heavy atom. The zero-order valence-corrected chi connectivity index (χ0v) is 17.1. The van der Waals surface area contributed by atoms with Crippen molar-refractivity contribution in [3.8, 4) is 5.75 Å². The van der Waals surface area contributed by atoms with Crippen molar-refractivity contribution >= 4 is 16.5 Å². The van der Waals surface area contributed by atoms with Crippen LogP contribution >= 0.6 is 0 Å². The van der Waals surface area contributed by atoms with Gasteiger partial charge in [0.25, 0.3) is 5.56 Å². The van der Waals surface area contributed by atoms with Crippen molar-refractivity contribution in [3.05, 3.63) is 77.4 Å². The largest absolute Gasteiger partial charge is 1.00 e. The number of nitrogens with one attached hydrogen (secondary N) is 1. The summed E-state index contributed by atoms with van der Waals surface area (Å²) < 4.78 is 4.91. The molecule has 2 rings (SSSR count). The number of hydrogen-bond acceptors (Lipinski definition) is 4. The maximum atomic E-state index is 11.9. The van der Waals surface area contributed by atoms with E-state index in [-0.39, 0.29) is 69.8 Å². The Morgan fingerprint density at radius 1 is 1.26 bits per heavy atom. The van der Waals surface area contributed by atoms with E-state index in [1.807, 2.05) is 13.8 Å². The molecule has 0 bridgehead atoms. The van der Waals surface area contributed by atoms with Gasteiger partial charge in [-0.15, -0.1) is 0 Å². The molecule has 2 aromatic heterocycles. The Bertz CT molecular complexity index is 815. The summed E-state index contributed by atoms with van der Waals surface area (Å²) in [7, 11) is 0. The number of aromatic hydroxyl groups is 1. The first kappa shape index (κ1) is 24.1. The number of fused-ring (bicyclic) bond motifs is 1. The average molecular weight is 341 g/mol. The molecule has 0 aliphatic carbocycles. The normalized spacial score (nSPS) is 9.74.